The molecule has 0 aliphatic heterocycles. The molecule has 1 heterocycles. The summed E-state index contributed by atoms with van der Waals surface area (Å²) in [4.78, 5) is 12.3. The van der Waals surface area contributed by atoms with Crippen molar-refractivity contribution < 1.29 is 4.79 Å². The molecule has 0 fully saturated rings. The molecule has 0 saturated carbocycles. The summed E-state index contributed by atoms with van der Waals surface area (Å²) in [6.07, 6.45) is 1.54. The lowest BCUT2D eigenvalue weighted by Gasteiger charge is -2.18. The number of carbonyl (C=O) groups excluding carboxylic acids is 1. The molecule has 0 unspecified atom stereocenters. The first-order valence-electron chi connectivity index (χ1n) is 9.46. The minimum Gasteiger partial charge on any atom is -0.267 e. The SMILES string of the molecule is Cc1nn(Cc2ccccc2)c(Cl)c1/C=N/NC(=O)c1ccc(C(C)(C)C)cc1. The molecule has 5 nitrogen and oxygen atoms in total. The van der Waals surface area contributed by atoms with Crippen molar-refractivity contribution in [2.75, 3.05) is 0 Å². The first-order valence-corrected chi connectivity index (χ1v) is 9.84. The molecule has 0 radical (unpaired) electrons. The number of nitrogens with zero attached hydrogens (tertiary/aromatic N) is 3. The lowest BCUT2D eigenvalue weighted by Crippen LogP contribution is -2.18. The molecule has 150 valence electrons. The number of benzene rings is 2. The molecule has 0 spiro atoms. The van der Waals surface area contributed by atoms with E-state index in [1.807, 2.05) is 61.5 Å². The number of nitrogens with one attached hydrogen (secondary N) is 1. The molecule has 3 rings (SSSR count). The van der Waals surface area contributed by atoms with Gasteiger partial charge in [-0.2, -0.15) is 10.2 Å². The summed E-state index contributed by atoms with van der Waals surface area (Å²) in [5, 5.41) is 9.03. The van der Waals surface area contributed by atoms with E-state index in [0.717, 1.165) is 11.3 Å². The Kier molecular flexibility index (Phi) is 6.18. The minimum absolute atomic E-state index is 0.0430. The van der Waals surface area contributed by atoms with Crippen LogP contribution in [0.5, 0.6) is 0 Å². The molecule has 6 heteroatoms. The largest absolute Gasteiger partial charge is 0.271 e. The van der Waals surface area contributed by atoms with Gasteiger partial charge in [0.15, 0.2) is 0 Å². The van der Waals surface area contributed by atoms with Gasteiger partial charge in [-0.3, -0.25) is 4.79 Å². The number of hydrazone groups is 1. The Morgan fingerprint density at radius 3 is 2.41 bits per heavy atom. The first kappa shape index (κ1) is 20.8. The average molecular weight is 409 g/mol. The normalized spacial score (nSPS) is 11.8. The van der Waals surface area contributed by atoms with E-state index >= 15 is 0 Å². The van der Waals surface area contributed by atoms with Crippen LogP contribution in [0.15, 0.2) is 59.7 Å². The number of carbonyl (C=O) groups is 1. The van der Waals surface area contributed by atoms with Crippen LogP contribution in [0, 0.1) is 6.92 Å². The fraction of sp³-hybridized carbons (Fsp3) is 0.261. The zero-order chi connectivity index (χ0) is 21.0. The van der Waals surface area contributed by atoms with E-state index in [2.05, 4.69) is 36.4 Å². The van der Waals surface area contributed by atoms with Gasteiger partial charge in [-0.05, 0) is 35.6 Å². The molecule has 29 heavy (non-hydrogen) atoms. The molecule has 1 aromatic heterocycles. The van der Waals surface area contributed by atoms with Gasteiger partial charge in [0, 0.05) is 5.56 Å². The summed E-state index contributed by atoms with van der Waals surface area (Å²) in [6, 6.07) is 17.5. The van der Waals surface area contributed by atoms with Crippen molar-refractivity contribution in [1.82, 2.24) is 15.2 Å². The van der Waals surface area contributed by atoms with Gasteiger partial charge in [-0.1, -0.05) is 74.8 Å². The van der Waals surface area contributed by atoms with Crippen LogP contribution in [0.2, 0.25) is 5.15 Å². The van der Waals surface area contributed by atoms with Crippen molar-refractivity contribution in [3.05, 3.63) is 87.7 Å². The van der Waals surface area contributed by atoms with Gasteiger partial charge in [0.1, 0.15) is 5.15 Å². The Labute approximate surface area is 176 Å². The van der Waals surface area contributed by atoms with Gasteiger partial charge in [0.05, 0.1) is 24.0 Å². The summed E-state index contributed by atoms with van der Waals surface area (Å²) in [5.41, 5.74) is 6.86. The van der Waals surface area contributed by atoms with Crippen LogP contribution < -0.4 is 5.43 Å². The first-order chi connectivity index (χ1) is 13.8. The number of halogens is 1. The fourth-order valence-corrected chi connectivity index (χ4v) is 3.20. The van der Waals surface area contributed by atoms with Crippen LogP contribution in [0.1, 0.15) is 53.5 Å². The molecule has 0 atom stereocenters. The molecule has 0 bridgehead atoms. The van der Waals surface area contributed by atoms with E-state index in [0.29, 0.717) is 22.8 Å². The molecular weight excluding hydrogens is 384 g/mol. The number of aromatic nitrogens is 2. The van der Waals surface area contributed by atoms with Gasteiger partial charge in [-0.15, -0.1) is 0 Å². The maximum Gasteiger partial charge on any atom is 0.271 e. The maximum absolute atomic E-state index is 12.3. The van der Waals surface area contributed by atoms with Crippen molar-refractivity contribution in [1.29, 1.82) is 0 Å². The molecule has 0 saturated heterocycles. The summed E-state index contributed by atoms with van der Waals surface area (Å²) < 4.78 is 1.72. The molecular formula is C23H25ClN4O. The lowest BCUT2D eigenvalue weighted by atomic mass is 9.87. The highest BCUT2D eigenvalue weighted by Gasteiger charge is 2.15. The highest BCUT2D eigenvalue weighted by molar-refractivity contribution is 6.32. The maximum atomic E-state index is 12.3. The zero-order valence-electron chi connectivity index (χ0n) is 17.1. The van der Waals surface area contributed by atoms with E-state index in [-0.39, 0.29) is 11.3 Å². The highest BCUT2D eigenvalue weighted by atomic mass is 35.5. The topological polar surface area (TPSA) is 59.3 Å². The van der Waals surface area contributed by atoms with Crippen LogP contribution in [-0.4, -0.2) is 21.9 Å². The Morgan fingerprint density at radius 2 is 1.79 bits per heavy atom. The third-order valence-electron chi connectivity index (χ3n) is 4.66. The average Bonchev–Trinajstić information content (AvgIpc) is 2.95. The fourth-order valence-electron chi connectivity index (χ4n) is 2.92. The second-order valence-electron chi connectivity index (χ2n) is 7.96. The van der Waals surface area contributed by atoms with E-state index < -0.39 is 0 Å². The van der Waals surface area contributed by atoms with Crippen LogP contribution in [0.25, 0.3) is 0 Å². The van der Waals surface area contributed by atoms with E-state index in [9.17, 15) is 4.79 Å². The summed E-state index contributed by atoms with van der Waals surface area (Å²) in [7, 11) is 0. The number of rotatable bonds is 5. The van der Waals surface area contributed by atoms with Crippen LogP contribution in [0.4, 0.5) is 0 Å². The van der Waals surface area contributed by atoms with E-state index in [1.54, 1.807) is 4.68 Å². The molecule has 1 amide bonds. The second-order valence-corrected chi connectivity index (χ2v) is 8.32. The van der Waals surface area contributed by atoms with Crippen LogP contribution >= 0.6 is 11.6 Å². The highest BCUT2D eigenvalue weighted by Crippen LogP contribution is 2.22. The summed E-state index contributed by atoms with van der Waals surface area (Å²) in [6.45, 7) is 8.84. The third kappa shape index (κ3) is 5.12. The number of amides is 1. The number of hydrogen-bond donors (Lipinski definition) is 1. The Balaban J connectivity index is 1.68. The second kappa shape index (κ2) is 8.62. The van der Waals surface area contributed by atoms with Crippen molar-refractivity contribution in [3.63, 3.8) is 0 Å². The van der Waals surface area contributed by atoms with Gasteiger partial charge in [-0.25, -0.2) is 10.1 Å². The molecule has 1 N–H and O–H groups in total. The smallest absolute Gasteiger partial charge is 0.267 e. The Morgan fingerprint density at radius 1 is 1.14 bits per heavy atom. The van der Waals surface area contributed by atoms with Gasteiger partial charge in [0.2, 0.25) is 0 Å². The predicted octanol–water partition coefficient (Wildman–Crippen LogP) is 4.95. The van der Waals surface area contributed by atoms with Crippen molar-refractivity contribution >= 4 is 23.7 Å². The van der Waals surface area contributed by atoms with E-state index in [1.165, 1.54) is 11.8 Å². The van der Waals surface area contributed by atoms with Crippen molar-refractivity contribution in [2.45, 2.75) is 39.7 Å². The molecule has 2 aromatic carbocycles. The Bertz CT molecular complexity index is 1020. The lowest BCUT2D eigenvalue weighted by molar-refractivity contribution is 0.0955. The quantitative estimate of drug-likeness (QED) is 0.479. The van der Waals surface area contributed by atoms with E-state index in [4.69, 9.17) is 11.6 Å². The molecule has 3 aromatic rings. The third-order valence-corrected chi connectivity index (χ3v) is 5.06. The van der Waals surface area contributed by atoms with Crippen molar-refractivity contribution in [3.8, 4) is 0 Å². The molecule has 0 aliphatic rings. The Hall–Kier alpha value is -2.92. The number of hydrogen-bond acceptors (Lipinski definition) is 3. The van der Waals surface area contributed by atoms with Crippen molar-refractivity contribution in [2.24, 2.45) is 5.10 Å². The predicted molar refractivity (Wildman–Crippen MR) is 118 cm³/mol. The molecule has 0 aliphatic carbocycles. The zero-order valence-corrected chi connectivity index (χ0v) is 17.9. The van der Waals surface area contributed by atoms with Gasteiger partial charge < -0.3 is 0 Å². The standard InChI is InChI=1S/C23H25ClN4O/c1-16-20(21(24)28(27-16)15-17-8-6-5-7-9-17)14-25-26-22(29)18-10-12-19(13-11-18)23(2,3)4/h5-14H,15H2,1-4H3,(H,26,29)/b25-14+. The monoisotopic (exact) mass is 408 g/mol. The summed E-state index contributed by atoms with van der Waals surface area (Å²) >= 11 is 6.47. The minimum atomic E-state index is -0.271. The number of aryl methyl sites for hydroxylation is 1. The van der Waals surface area contributed by atoms with Gasteiger partial charge in [0.25, 0.3) is 5.91 Å². The summed E-state index contributed by atoms with van der Waals surface area (Å²) in [5.74, 6) is -0.271. The van der Waals surface area contributed by atoms with Gasteiger partial charge >= 0.3 is 0 Å². The van der Waals surface area contributed by atoms with Crippen LogP contribution in [-0.2, 0) is 12.0 Å². The van der Waals surface area contributed by atoms with Crippen LogP contribution in [0.3, 0.4) is 0 Å².